The quantitative estimate of drug-likeness (QED) is 0.851. The van der Waals surface area contributed by atoms with Crippen LogP contribution in [0.3, 0.4) is 0 Å². The summed E-state index contributed by atoms with van der Waals surface area (Å²) in [6, 6.07) is 6.81. The van der Waals surface area contributed by atoms with Crippen LogP contribution >= 0.6 is 11.6 Å². The molecule has 1 aromatic rings. The van der Waals surface area contributed by atoms with E-state index in [-0.39, 0.29) is 0 Å². The molecule has 2 rings (SSSR count). The molecule has 0 aromatic heterocycles. The van der Waals surface area contributed by atoms with E-state index < -0.39 is 0 Å². The average molecular weight is 295 g/mol. The highest BCUT2D eigenvalue weighted by Crippen LogP contribution is 2.40. The molecular formula is C17H27ClN2. The molecule has 1 aliphatic heterocycles. The maximum absolute atomic E-state index is 6.45. The van der Waals surface area contributed by atoms with Crippen LogP contribution in [0.25, 0.3) is 0 Å². The van der Waals surface area contributed by atoms with Crippen molar-refractivity contribution in [1.29, 1.82) is 0 Å². The molecule has 1 atom stereocenters. The molecule has 1 aromatic carbocycles. The topological polar surface area (TPSA) is 15.3 Å². The maximum Gasteiger partial charge on any atom is 0.0474 e. The van der Waals surface area contributed by atoms with Gasteiger partial charge in [-0.25, -0.2) is 0 Å². The van der Waals surface area contributed by atoms with Gasteiger partial charge in [0.15, 0.2) is 0 Å². The van der Waals surface area contributed by atoms with Crippen molar-refractivity contribution in [1.82, 2.24) is 5.32 Å². The fourth-order valence-electron chi connectivity index (χ4n) is 3.20. The molecular weight excluding hydrogens is 268 g/mol. The van der Waals surface area contributed by atoms with Gasteiger partial charge in [-0.1, -0.05) is 31.5 Å². The first-order chi connectivity index (χ1) is 9.55. The monoisotopic (exact) mass is 294 g/mol. The summed E-state index contributed by atoms with van der Waals surface area (Å²) in [5.74, 6) is 0. The highest BCUT2D eigenvalue weighted by Gasteiger charge is 2.35. The van der Waals surface area contributed by atoms with E-state index in [0.717, 1.165) is 18.1 Å². The molecule has 0 amide bonds. The van der Waals surface area contributed by atoms with Gasteiger partial charge in [0.25, 0.3) is 0 Å². The predicted molar refractivity (Wildman–Crippen MR) is 88.8 cm³/mol. The Labute approximate surface area is 128 Å². The van der Waals surface area contributed by atoms with E-state index in [1.807, 2.05) is 7.05 Å². The van der Waals surface area contributed by atoms with E-state index in [4.69, 9.17) is 11.6 Å². The van der Waals surface area contributed by atoms with Crippen molar-refractivity contribution >= 4 is 17.3 Å². The van der Waals surface area contributed by atoms with E-state index in [1.54, 1.807) is 0 Å². The number of rotatable bonds is 5. The number of nitrogens with one attached hydrogen (secondary N) is 1. The minimum absolute atomic E-state index is 0.292. The van der Waals surface area contributed by atoms with Gasteiger partial charge in [0.1, 0.15) is 0 Å². The van der Waals surface area contributed by atoms with Crippen LogP contribution in [0.4, 0.5) is 5.69 Å². The Morgan fingerprint density at radius 1 is 1.35 bits per heavy atom. The van der Waals surface area contributed by atoms with E-state index in [2.05, 4.69) is 49.2 Å². The van der Waals surface area contributed by atoms with Crippen molar-refractivity contribution in [2.45, 2.75) is 46.1 Å². The summed E-state index contributed by atoms with van der Waals surface area (Å²) in [6.45, 7) is 9.08. The lowest BCUT2D eigenvalue weighted by Gasteiger charge is -2.27. The van der Waals surface area contributed by atoms with E-state index >= 15 is 0 Å². The molecule has 112 valence electrons. The third kappa shape index (κ3) is 2.96. The van der Waals surface area contributed by atoms with Crippen LogP contribution in [0.5, 0.6) is 0 Å². The first kappa shape index (κ1) is 15.7. The Bertz CT molecular complexity index is 454. The summed E-state index contributed by atoms with van der Waals surface area (Å²) in [7, 11) is 1.96. The summed E-state index contributed by atoms with van der Waals surface area (Å²) < 4.78 is 0. The molecule has 0 saturated carbocycles. The van der Waals surface area contributed by atoms with Crippen LogP contribution in [0, 0.1) is 5.41 Å². The lowest BCUT2D eigenvalue weighted by Crippen LogP contribution is -2.26. The molecule has 1 saturated heterocycles. The van der Waals surface area contributed by atoms with Gasteiger partial charge >= 0.3 is 0 Å². The molecule has 0 spiro atoms. The van der Waals surface area contributed by atoms with Crippen molar-refractivity contribution in [2.24, 2.45) is 5.41 Å². The first-order valence-corrected chi connectivity index (χ1v) is 8.14. The fraction of sp³-hybridized carbons (Fsp3) is 0.647. The Kier molecular flexibility index (Phi) is 4.98. The normalized spacial score (nSPS) is 19.4. The van der Waals surface area contributed by atoms with E-state index in [9.17, 15) is 0 Å². The lowest BCUT2D eigenvalue weighted by molar-refractivity contribution is 0.301. The predicted octanol–water partition coefficient (Wildman–Crippen LogP) is 4.64. The lowest BCUT2D eigenvalue weighted by atomic mass is 9.82. The molecule has 1 heterocycles. The minimum atomic E-state index is 0.292. The minimum Gasteiger partial charge on any atom is -0.371 e. The van der Waals surface area contributed by atoms with Gasteiger partial charge in [-0.2, -0.15) is 0 Å². The summed E-state index contributed by atoms with van der Waals surface area (Å²) in [5, 5.41) is 4.11. The summed E-state index contributed by atoms with van der Waals surface area (Å²) in [6.07, 6.45) is 3.83. The van der Waals surface area contributed by atoms with Crippen molar-refractivity contribution in [2.75, 3.05) is 25.0 Å². The van der Waals surface area contributed by atoms with Gasteiger partial charge in [-0.05, 0) is 56.3 Å². The standard InChI is InChI=1S/C17H27ClN2/c1-5-17(6-2)9-10-20(12-17)14-7-8-15(13(3)19-4)16(18)11-14/h7-8,11,13,19H,5-6,9-10,12H2,1-4H3. The Hall–Kier alpha value is -0.730. The zero-order valence-corrected chi connectivity index (χ0v) is 13.9. The zero-order valence-electron chi connectivity index (χ0n) is 13.2. The molecule has 1 fully saturated rings. The fourth-order valence-corrected chi connectivity index (χ4v) is 3.54. The Balaban J connectivity index is 2.17. The molecule has 20 heavy (non-hydrogen) atoms. The number of benzene rings is 1. The van der Waals surface area contributed by atoms with Crippen molar-refractivity contribution in [3.8, 4) is 0 Å². The van der Waals surface area contributed by atoms with Crippen LogP contribution in [0.1, 0.15) is 51.6 Å². The molecule has 3 heteroatoms. The van der Waals surface area contributed by atoms with Crippen LogP contribution in [-0.4, -0.2) is 20.1 Å². The van der Waals surface area contributed by atoms with Gasteiger partial charge in [-0.3, -0.25) is 0 Å². The van der Waals surface area contributed by atoms with Crippen LogP contribution in [-0.2, 0) is 0 Å². The first-order valence-electron chi connectivity index (χ1n) is 7.77. The highest BCUT2D eigenvalue weighted by atomic mass is 35.5. The molecule has 0 bridgehead atoms. The number of hydrogen-bond donors (Lipinski definition) is 1. The second-order valence-electron chi connectivity index (χ2n) is 6.09. The van der Waals surface area contributed by atoms with Crippen molar-refractivity contribution < 1.29 is 0 Å². The number of halogens is 1. The SMILES string of the molecule is CCC1(CC)CCN(c2ccc(C(C)NC)c(Cl)c2)C1. The number of anilines is 1. The Morgan fingerprint density at radius 3 is 2.55 bits per heavy atom. The van der Waals surface area contributed by atoms with Gasteiger partial charge in [-0.15, -0.1) is 0 Å². The number of hydrogen-bond acceptors (Lipinski definition) is 2. The molecule has 1 N–H and O–H groups in total. The third-order valence-electron chi connectivity index (χ3n) is 5.19. The third-order valence-corrected chi connectivity index (χ3v) is 5.51. The van der Waals surface area contributed by atoms with Crippen LogP contribution < -0.4 is 10.2 Å². The number of nitrogens with zero attached hydrogens (tertiary/aromatic N) is 1. The zero-order chi connectivity index (χ0) is 14.8. The van der Waals surface area contributed by atoms with Crippen molar-refractivity contribution in [3.63, 3.8) is 0 Å². The molecule has 0 radical (unpaired) electrons. The van der Waals surface area contributed by atoms with Gasteiger partial charge in [0.2, 0.25) is 0 Å². The second-order valence-corrected chi connectivity index (χ2v) is 6.50. The van der Waals surface area contributed by atoms with E-state index in [0.29, 0.717) is 11.5 Å². The average Bonchev–Trinajstić information content (AvgIpc) is 2.91. The molecule has 1 unspecified atom stereocenters. The Morgan fingerprint density at radius 2 is 2.05 bits per heavy atom. The van der Waals surface area contributed by atoms with Crippen LogP contribution in [0.15, 0.2) is 18.2 Å². The van der Waals surface area contributed by atoms with Gasteiger partial charge in [0.05, 0.1) is 0 Å². The van der Waals surface area contributed by atoms with Crippen molar-refractivity contribution in [3.05, 3.63) is 28.8 Å². The second kappa shape index (κ2) is 6.36. The molecule has 1 aliphatic rings. The van der Waals surface area contributed by atoms with Crippen LogP contribution in [0.2, 0.25) is 5.02 Å². The van der Waals surface area contributed by atoms with Gasteiger partial charge < -0.3 is 10.2 Å². The molecule has 2 nitrogen and oxygen atoms in total. The van der Waals surface area contributed by atoms with E-state index in [1.165, 1.54) is 30.5 Å². The molecule has 0 aliphatic carbocycles. The van der Waals surface area contributed by atoms with Gasteiger partial charge in [0, 0.05) is 29.8 Å². The summed E-state index contributed by atoms with van der Waals surface area (Å²) in [5.41, 5.74) is 2.95. The smallest absolute Gasteiger partial charge is 0.0474 e. The highest BCUT2D eigenvalue weighted by molar-refractivity contribution is 6.31. The largest absolute Gasteiger partial charge is 0.371 e. The summed E-state index contributed by atoms with van der Waals surface area (Å²) >= 11 is 6.45. The summed E-state index contributed by atoms with van der Waals surface area (Å²) in [4.78, 5) is 2.49. The maximum atomic E-state index is 6.45.